The average Bonchev–Trinajstić information content (AvgIpc) is 3.69. The highest BCUT2D eigenvalue weighted by Gasteiger charge is 2.39. The van der Waals surface area contributed by atoms with E-state index in [1.807, 2.05) is 39.6 Å². The largest absolute Gasteiger partial charge is 0.481 e. The van der Waals surface area contributed by atoms with Crippen LogP contribution in [0.2, 0.25) is 0 Å². The molecule has 1 aliphatic rings. The van der Waals surface area contributed by atoms with Gasteiger partial charge in [0.15, 0.2) is 12.8 Å². The maximum Gasteiger partial charge on any atom is 0.339 e. The molecule has 14 nitrogen and oxygen atoms in total. The molecule has 2 aromatic carbocycles. The van der Waals surface area contributed by atoms with Crippen LogP contribution in [0.15, 0.2) is 60.0 Å². The lowest BCUT2D eigenvalue weighted by atomic mass is 9.93. The van der Waals surface area contributed by atoms with Gasteiger partial charge in [0.2, 0.25) is 11.8 Å². The number of piperidine rings is 1. The number of carbonyl (C=O) groups excluding carboxylic acids is 5. The van der Waals surface area contributed by atoms with Crippen LogP contribution in [0.25, 0.3) is 0 Å². The van der Waals surface area contributed by atoms with Crippen molar-refractivity contribution in [2.45, 2.75) is 110 Å². The van der Waals surface area contributed by atoms with E-state index in [2.05, 4.69) is 15.6 Å². The molecular weight excluding hydrogens is 782 g/mol. The van der Waals surface area contributed by atoms with Gasteiger partial charge in [0.1, 0.15) is 22.6 Å². The lowest BCUT2D eigenvalue weighted by Gasteiger charge is -2.39. The fourth-order valence-corrected chi connectivity index (χ4v) is 7.90. The van der Waals surface area contributed by atoms with Gasteiger partial charge >= 0.3 is 17.9 Å². The number of hydrogen-bond acceptors (Lipinski definition) is 11. The maximum atomic E-state index is 14.7. The number of nitrogens with one attached hydrogen (secondary N) is 2. The normalized spacial score (nSPS) is 16.4. The monoisotopic (exact) mass is 837 g/mol. The Labute approximate surface area is 348 Å². The van der Waals surface area contributed by atoms with E-state index >= 15 is 0 Å². The number of amides is 3. The highest BCUT2D eigenvalue weighted by Crippen LogP contribution is 2.32. The zero-order valence-electron chi connectivity index (χ0n) is 34.5. The lowest BCUT2D eigenvalue weighted by molar-refractivity contribution is -0.151. The third-order valence-electron chi connectivity index (χ3n) is 10.3. The molecule has 1 aromatic heterocycles. The van der Waals surface area contributed by atoms with E-state index in [4.69, 9.17) is 9.47 Å². The van der Waals surface area contributed by atoms with Crippen LogP contribution in [-0.2, 0) is 35.1 Å². The zero-order chi connectivity index (χ0) is 43.2. The van der Waals surface area contributed by atoms with Crippen LogP contribution in [0.1, 0.15) is 111 Å². The Morgan fingerprint density at radius 2 is 1.68 bits per heavy atom. The van der Waals surface area contributed by atoms with E-state index in [1.165, 1.54) is 29.3 Å². The fourth-order valence-electron chi connectivity index (χ4n) is 7.06. The summed E-state index contributed by atoms with van der Waals surface area (Å²) in [6.07, 6.45) is 1.61. The molecule has 0 radical (unpaired) electrons. The SMILES string of the molecule is CC(=O)O[C@H](C[C@H](C(C)C)N(COC(=O)c1ccccc1)C(=O)C(NC(=O)[C@H]1CCCCN1C)C(C)C)c1nc(C(=O)N[C@H](CCC(=O)O)Cc2ccc(F)cc2)cs1. The van der Waals surface area contributed by atoms with Gasteiger partial charge in [-0.25, -0.2) is 14.2 Å². The molecule has 4 rings (SSSR count). The molecule has 3 N–H and O–H groups in total. The summed E-state index contributed by atoms with van der Waals surface area (Å²) in [5, 5.41) is 16.9. The molecule has 59 heavy (non-hydrogen) atoms. The van der Waals surface area contributed by atoms with Crippen molar-refractivity contribution >= 4 is 47.0 Å². The first kappa shape index (κ1) is 46.5. The van der Waals surface area contributed by atoms with Gasteiger partial charge < -0.3 is 30.1 Å². The molecule has 1 saturated heterocycles. The molecule has 16 heteroatoms. The summed E-state index contributed by atoms with van der Waals surface area (Å²) < 4.78 is 25.1. The molecule has 1 unspecified atom stereocenters. The van der Waals surface area contributed by atoms with Gasteiger partial charge in [0.25, 0.3) is 5.91 Å². The van der Waals surface area contributed by atoms with E-state index in [0.717, 1.165) is 30.7 Å². The van der Waals surface area contributed by atoms with Crippen LogP contribution in [-0.4, -0.2) is 100 Å². The second-order valence-electron chi connectivity index (χ2n) is 15.6. The molecule has 0 spiro atoms. The van der Waals surface area contributed by atoms with Crippen LogP contribution >= 0.6 is 11.3 Å². The number of benzene rings is 2. The van der Waals surface area contributed by atoms with Gasteiger partial charge in [0.05, 0.1) is 11.6 Å². The van der Waals surface area contributed by atoms with Gasteiger partial charge in [-0.1, -0.05) is 64.4 Å². The van der Waals surface area contributed by atoms with Gasteiger partial charge in [0, 0.05) is 37.2 Å². The number of hydrogen-bond donors (Lipinski definition) is 3. The molecular formula is C43H56FN5O9S. The molecule has 0 saturated carbocycles. The fraction of sp³-hybridized carbons (Fsp3) is 0.512. The minimum atomic E-state index is -1.04. The molecule has 2 heterocycles. The molecule has 3 aromatic rings. The maximum absolute atomic E-state index is 14.7. The number of carboxylic acid groups (broad SMARTS) is 1. The standard InChI is InChI=1S/C43H56FN5O9S/c1-26(2)35(49(25-57-43(56)30-12-8-7-9-13-30)42(55)38(27(3)4)47-40(54)34-14-10-11-21-48(34)6)23-36(58-28(5)50)41-46-33(24-59-41)39(53)45-32(19-20-37(51)52)22-29-15-17-31(44)18-16-29/h7-9,12-13,15-18,24,26-27,32,34-36,38H,10-11,14,19-23,25H2,1-6H3,(H,45,53)(H,47,54)(H,51,52)/t32-,34-,35-,36-,38?/m1/s1. The summed E-state index contributed by atoms with van der Waals surface area (Å²) in [6, 6.07) is 11.3. The minimum absolute atomic E-state index is 0.00247. The number of likely N-dealkylation sites (tertiary alicyclic amines) is 1. The number of aromatic nitrogens is 1. The van der Waals surface area contributed by atoms with Gasteiger partial charge in [-0.05, 0) is 80.9 Å². The van der Waals surface area contributed by atoms with Gasteiger partial charge in [-0.3, -0.25) is 28.9 Å². The predicted octanol–water partition coefficient (Wildman–Crippen LogP) is 5.78. The van der Waals surface area contributed by atoms with E-state index < -0.39 is 72.5 Å². The number of rotatable bonds is 20. The number of ether oxygens (including phenoxy) is 2. The quantitative estimate of drug-likeness (QED) is 0.0927. The summed E-state index contributed by atoms with van der Waals surface area (Å²) in [5.74, 6) is -4.75. The summed E-state index contributed by atoms with van der Waals surface area (Å²) in [4.78, 5) is 87.0. The number of esters is 2. The minimum Gasteiger partial charge on any atom is -0.481 e. The van der Waals surface area contributed by atoms with Crippen molar-refractivity contribution < 1.29 is 47.7 Å². The average molecular weight is 838 g/mol. The van der Waals surface area contributed by atoms with Crippen LogP contribution < -0.4 is 10.6 Å². The highest BCUT2D eigenvalue weighted by atomic mass is 32.1. The molecule has 320 valence electrons. The summed E-state index contributed by atoms with van der Waals surface area (Å²) in [5.41, 5.74) is 0.983. The Morgan fingerprint density at radius 1 is 0.983 bits per heavy atom. The summed E-state index contributed by atoms with van der Waals surface area (Å²) >= 11 is 1.07. The Morgan fingerprint density at radius 3 is 2.29 bits per heavy atom. The number of aliphatic carboxylic acids is 1. The topological polar surface area (TPSA) is 185 Å². The Bertz CT molecular complexity index is 1890. The van der Waals surface area contributed by atoms with Crippen LogP contribution in [0.5, 0.6) is 0 Å². The highest BCUT2D eigenvalue weighted by molar-refractivity contribution is 7.09. The second-order valence-corrected chi connectivity index (χ2v) is 16.5. The molecule has 3 amide bonds. The third-order valence-corrected chi connectivity index (χ3v) is 11.3. The third kappa shape index (κ3) is 13.9. The van der Waals surface area contributed by atoms with Crippen molar-refractivity contribution in [3.05, 3.63) is 87.6 Å². The molecule has 5 atom stereocenters. The molecule has 1 aliphatic heterocycles. The first-order chi connectivity index (χ1) is 28.0. The number of halogens is 1. The second kappa shape index (κ2) is 22.2. The van der Waals surface area contributed by atoms with Crippen LogP contribution in [0, 0.1) is 17.7 Å². The zero-order valence-corrected chi connectivity index (χ0v) is 35.3. The number of carbonyl (C=O) groups is 6. The van der Waals surface area contributed by atoms with Gasteiger partial charge in [-0.2, -0.15) is 0 Å². The number of likely N-dealkylation sites (N-methyl/N-ethyl adjacent to an activating group) is 1. The number of nitrogens with zero attached hydrogens (tertiary/aromatic N) is 3. The number of thiazole rings is 1. The summed E-state index contributed by atoms with van der Waals surface area (Å²) in [6.45, 7) is 8.90. The number of carboxylic acids is 1. The van der Waals surface area contributed by atoms with Crippen molar-refractivity contribution in [1.82, 2.24) is 25.4 Å². The molecule has 1 fully saturated rings. The Kier molecular flexibility index (Phi) is 17.5. The van der Waals surface area contributed by atoms with Gasteiger partial charge in [-0.15, -0.1) is 11.3 Å². The van der Waals surface area contributed by atoms with Crippen molar-refractivity contribution in [2.24, 2.45) is 11.8 Å². The first-order valence-corrected chi connectivity index (χ1v) is 20.8. The van der Waals surface area contributed by atoms with E-state index in [1.54, 1.807) is 42.5 Å². The van der Waals surface area contributed by atoms with Crippen molar-refractivity contribution in [2.75, 3.05) is 20.3 Å². The van der Waals surface area contributed by atoms with Crippen molar-refractivity contribution in [3.63, 3.8) is 0 Å². The van der Waals surface area contributed by atoms with Crippen LogP contribution in [0.4, 0.5) is 4.39 Å². The Balaban J connectivity index is 1.62. The molecule has 0 bridgehead atoms. The van der Waals surface area contributed by atoms with E-state index in [-0.39, 0.29) is 59.7 Å². The van der Waals surface area contributed by atoms with E-state index in [0.29, 0.717) is 12.0 Å². The summed E-state index contributed by atoms with van der Waals surface area (Å²) in [7, 11) is 1.88. The Hall–Kier alpha value is -5.22. The smallest absolute Gasteiger partial charge is 0.339 e. The van der Waals surface area contributed by atoms with Crippen molar-refractivity contribution in [3.8, 4) is 0 Å². The first-order valence-electron chi connectivity index (χ1n) is 20.0. The van der Waals surface area contributed by atoms with Crippen LogP contribution in [0.3, 0.4) is 0 Å². The molecule has 0 aliphatic carbocycles. The van der Waals surface area contributed by atoms with E-state index in [9.17, 15) is 38.3 Å². The van der Waals surface area contributed by atoms with Crippen molar-refractivity contribution in [1.29, 1.82) is 0 Å². The lowest BCUT2D eigenvalue weighted by Crippen LogP contribution is -2.59. The predicted molar refractivity (Wildman–Crippen MR) is 219 cm³/mol.